The van der Waals surface area contributed by atoms with Gasteiger partial charge in [0.25, 0.3) is 0 Å². The van der Waals surface area contributed by atoms with Crippen molar-refractivity contribution in [1.29, 1.82) is 0 Å². The summed E-state index contributed by atoms with van der Waals surface area (Å²) in [5, 5.41) is 2.76. The Kier molecular flexibility index (Phi) is 9.35. The van der Waals surface area contributed by atoms with E-state index in [1.807, 2.05) is 18.2 Å². The number of pyridine rings is 1. The number of nitrogens with zero attached hydrogens (tertiary/aromatic N) is 4. The number of rotatable bonds is 6. The van der Waals surface area contributed by atoms with E-state index < -0.39 is 6.36 Å². The van der Waals surface area contributed by atoms with Crippen LogP contribution in [0.3, 0.4) is 0 Å². The molecular formula is C20H24F3IN6O2. The lowest BCUT2D eigenvalue weighted by Gasteiger charge is -2.35. The maximum absolute atomic E-state index is 12.4. The van der Waals surface area contributed by atoms with Gasteiger partial charge in [-0.25, -0.2) is 4.98 Å². The molecule has 1 aromatic carbocycles. The van der Waals surface area contributed by atoms with Crippen LogP contribution >= 0.6 is 24.0 Å². The van der Waals surface area contributed by atoms with Gasteiger partial charge in [-0.05, 0) is 36.4 Å². The summed E-state index contributed by atoms with van der Waals surface area (Å²) in [6.07, 6.45) is -2.79. The van der Waals surface area contributed by atoms with Crippen LogP contribution in [0.4, 0.5) is 24.7 Å². The Morgan fingerprint density at radius 2 is 1.81 bits per heavy atom. The van der Waals surface area contributed by atoms with Crippen molar-refractivity contribution in [1.82, 2.24) is 9.88 Å². The van der Waals surface area contributed by atoms with Crippen molar-refractivity contribution in [2.45, 2.75) is 12.8 Å². The minimum atomic E-state index is -4.74. The molecule has 1 aromatic heterocycles. The van der Waals surface area contributed by atoms with Gasteiger partial charge in [0.15, 0.2) is 5.96 Å². The van der Waals surface area contributed by atoms with Crippen LogP contribution in [-0.4, -0.2) is 60.8 Å². The first-order valence-corrected chi connectivity index (χ1v) is 9.67. The molecular weight excluding hydrogens is 540 g/mol. The fourth-order valence-corrected chi connectivity index (χ4v) is 3.08. The standard InChI is InChI=1S/C20H23F3N6O2.HI/c21-20(22,23)31-16-6-4-15(5-7-16)27-19(24)26-10-8-18(30)29-13-11-28(12-14-29)17-3-1-2-9-25-17;/h1-7,9H,8,10-14H2,(H3,24,26,27);1H. The maximum atomic E-state index is 12.4. The second-order valence-corrected chi connectivity index (χ2v) is 6.77. The molecule has 3 rings (SSSR count). The van der Waals surface area contributed by atoms with Crippen LogP contribution in [0.1, 0.15) is 6.42 Å². The minimum absolute atomic E-state index is 0. The number of aliphatic imine (C=N–C) groups is 1. The molecule has 3 N–H and O–H groups in total. The van der Waals surface area contributed by atoms with Crippen molar-refractivity contribution in [3.63, 3.8) is 0 Å². The van der Waals surface area contributed by atoms with Crippen LogP contribution in [0, 0.1) is 0 Å². The van der Waals surface area contributed by atoms with E-state index in [1.54, 1.807) is 11.1 Å². The number of carbonyl (C=O) groups excluding carboxylic acids is 1. The molecule has 12 heteroatoms. The van der Waals surface area contributed by atoms with Crippen molar-refractivity contribution in [2.24, 2.45) is 10.7 Å². The molecule has 2 aromatic rings. The monoisotopic (exact) mass is 564 g/mol. The van der Waals surface area contributed by atoms with Gasteiger partial charge < -0.3 is 25.6 Å². The molecule has 1 aliphatic rings. The van der Waals surface area contributed by atoms with Crippen LogP contribution in [0.5, 0.6) is 5.75 Å². The molecule has 1 aliphatic heterocycles. The number of piperazine rings is 1. The van der Waals surface area contributed by atoms with Gasteiger partial charge in [-0.15, -0.1) is 37.1 Å². The molecule has 32 heavy (non-hydrogen) atoms. The van der Waals surface area contributed by atoms with Gasteiger partial charge in [0.2, 0.25) is 5.91 Å². The zero-order valence-electron chi connectivity index (χ0n) is 17.1. The first-order valence-electron chi connectivity index (χ1n) is 9.67. The van der Waals surface area contributed by atoms with Gasteiger partial charge in [0, 0.05) is 44.5 Å². The molecule has 0 spiro atoms. The predicted octanol–water partition coefficient (Wildman–Crippen LogP) is 3.06. The average molecular weight is 564 g/mol. The van der Waals surface area contributed by atoms with Crippen molar-refractivity contribution < 1.29 is 22.7 Å². The zero-order valence-corrected chi connectivity index (χ0v) is 19.4. The molecule has 2 heterocycles. The minimum Gasteiger partial charge on any atom is -0.406 e. The van der Waals surface area contributed by atoms with Crippen LogP contribution in [-0.2, 0) is 4.79 Å². The van der Waals surface area contributed by atoms with Crippen LogP contribution in [0.2, 0.25) is 0 Å². The molecule has 0 aliphatic carbocycles. The molecule has 0 bridgehead atoms. The van der Waals surface area contributed by atoms with E-state index in [4.69, 9.17) is 5.73 Å². The molecule has 0 radical (unpaired) electrons. The summed E-state index contributed by atoms with van der Waals surface area (Å²) >= 11 is 0. The lowest BCUT2D eigenvalue weighted by atomic mass is 10.2. The van der Waals surface area contributed by atoms with E-state index in [-0.39, 0.29) is 54.6 Å². The summed E-state index contributed by atoms with van der Waals surface area (Å²) in [4.78, 5) is 24.7. The van der Waals surface area contributed by atoms with Gasteiger partial charge in [0.05, 0.1) is 6.54 Å². The van der Waals surface area contributed by atoms with E-state index in [0.717, 1.165) is 18.0 Å². The highest BCUT2D eigenvalue weighted by Gasteiger charge is 2.31. The fourth-order valence-electron chi connectivity index (χ4n) is 3.08. The molecule has 0 saturated carbocycles. The Bertz CT molecular complexity index is 888. The highest BCUT2D eigenvalue weighted by atomic mass is 127. The normalized spacial score (nSPS) is 14.5. The van der Waals surface area contributed by atoms with E-state index in [1.165, 1.54) is 12.1 Å². The number of carbonyl (C=O) groups is 1. The topological polar surface area (TPSA) is 96.1 Å². The van der Waals surface area contributed by atoms with Crippen LogP contribution in [0.15, 0.2) is 53.7 Å². The van der Waals surface area contributed by atoms with Gasteiger partial charge in [0.1, 0.15) is 11.6 Å². The number of nitrogens with one attached hydrogen (secondary N) is 1. The van der Waals surface area contributed by atoms with E-state index in [2.05, 4.69) is 24.9 Å². The Morgan fingerprint density at radius 3 is 2.41 bits per heavy atom. The Labute approximate surface area is 200 Å². The lowest BCUT2D eigenvalue weighted by Crippen LogP contribution is -2.49. The average Bonchev–Trinajstić information content (AvgIpc) is 2.75. The van der Waals surface area contributed by atoms with Crippen molar-refractivity contribution in [3.05, 3.63) is 48.7 Å². The quantitative estimate of drug-likeness (QED) is 0.318. The third-order valence-corrected chi connectivity index (χ3v) is 4.57. The highest BCUT2D eigenvalue weighted by molar-refractivity contribution is 14.0. The van der Waals surface area contributed by atoms with Gasteiger partial charge >= 0.3 is 6.36 Å². The zero-order chi connectivity index (χ0) is 22.3. The molecule has 1 fully saturated rings. The largest absolute Gasteiger partial charge is 0.573 e. The van der Waals surface area contributed by atoms with Crippen molar-refractivity contribution >= 4 is 47.3 Å². The van der Waals surface area contributed by atoms with Crippen molar-refractivity contribution in [3.8, 4) is 5.75 Å². The first kappa shape index (κ1) is 25.5. The summed E-state index contributed by atoms with van der Waals surface area (Å²) in [6, 6.07) is 10.8. The fraction of sp³-hybridized carbons (Fsp3) is 0.350. The SMILES string of the molecule is I.NC(=NCCC(=O)N1CCN(c2ccccn2)CC1)Nc1ccc(OC(F)(F)F)cc1. The number of anilines is 2. The molecule has 0 unspecified atom stereocenters. The second-order valence-electron chi connectivity index (χ2n) is 6.77. The van der Waals surface area contributed by atoms with Crippen molar-refractivity contribution in [2.75, 3.05) is 42.9 Å². The van der Waals surface area contributed by atoms with E-state index >= 15 is 0 Å². The number of benzene rings is 1. The number of aromatic nitrogens is 1. The number of nitrogens with two attached hydrogens (primary N) is 1. The number of guanidine groups is 1. The molecule has 174 valence electrons. The number of hydrogen-bond donors (Lipinski definition) is 2. The Balaban J connectivity index is 0.00000363. The summed E-state index contributed by atoms with van der Waals surface area (Å²) in [5.41, 5.74) is 6.23. The van der Waals surface area contributed by atoms with Crippen LogP contribution in [0.25, 0.3) is 0 Å². The summed E-state index contributed by atoms with van der Waals surface area (Å²) in [5.74, 6) is 0.626. The molecule has 1 amide bonds. The summed E-state index contributed by atoms with van der Waals surface area (Å²) in [6.45, 7) is 2.85. The Hall–Kier alpha value is -2.77. The molecule has 0 atom stereocenters. The Morgan fingerprint density at radius 1 is 1.12 bits per heavy atom. The second kappa shape index (κ2) is 11.7. The molecule has 1 saturated heterocycles. The van der Waals surface area contributed by atoms with E-state index in [0.29, 0.717) is 31.9 Å². The molecule has 8 nitrogen and oxygen atoms in total. The summed E-state index contributed by atoms with van der Waals surface area (Å²) in [7, 11) is 0. The highest BCUT2D eigenvalue weighted by Crippen LogP contribution is 2.23. The number of hydrogen-bond acceptors (Lipinski definition) is 5. The third kappa shape index (κ3) is 8.05. The smallest absolute Gasteiger partial charge is 0.406 e. The van der Waals surface area contributed by atoms with Gasteiger partial charge in [-0.2, -0.15) is 0 Å². The maximum Gasteiger partial charge on any atom is 0.573 e. The van der Waals surface area contributed by atoms with Gasteiger partial charge in [-0.3, -0.25) is 9.79 Å². The number of alkyl halides is 3. The number of ether oxygens (including phenoxy) is 1. The summed E-state index contributed by atoms with van der Waals surface area (Å²) < 4.78 is 40.3. The third-order valence-electron chi connectivity index (χ3n) is 4.57. The van der Waals surface area contributed by atoms with E-state index in [9.17, 15) is 18.0 Å². The lowest BCUT2D eigenvalue weighted by molar-refractivity contribution is -0.274. The first-order chi connectivity index (χ1) is 14.8. The van der Waals surface area contributed by atoms with Gasteiger partial charge in [-0.1, -0.05) is 6.07 Å². The predicted molar refractivity (Wildman–Crippen MR) is 126 cm³/mol. The van der Waals surface area contributed by atoms with Crippen LogP contribution < -0.4 is 20.7 Å². The number of halogens is 4. The number of amides is 1.